The number of hydrogen-bond acceptors (Lipinski definition) is 3. The van der Waals surface area contributed by atoms with E-state index in [9.17, 15) is 9.59 Å². The van der Waals surface area contributed by atoms with Crippen molar-refractivity contribution in [3.63, 3.8) is 0 Å². The number of ether oxygens (including phenoxy) is 1. The predicted octanol–water partition coefficient (Wildman–Crippen LogP) is 1.92. The zero-order valence-electron chi connectivity index (χ0n) is 11.3. The summed E-state index contributed by atoms with van der Waals surface area (Å²) in [6.45, 7) is 5.28. The number of hydrogen-bond donors (Lipinski definition) is 1. The molecule has 4 heteroatoms. The minimum absolute atomic E-state index is 0.0234. The fourth-order valence-electron chi connectivity index (χ4n) is 1.35. The van der Waals surface area contributed by atoms with E-state index in [1.54, 1.807) is 37.3 Å². The van der Waals surface area contributed by atoms with Crippen LogP contribution in [-0.2, 0) is 9.53 Å². The summed E-state index contributed by atoms with van der Waals surface area (Å²) in [5, 5.41) is 2.38. The molecule has 18 heavy (non-hydrogen) atoms. The van der Waals surface area contributed by atoms with Crippen LogP contribution in [0.3, 0.4) is 0 Å². The van der Waals surface area contributed by atoms with Crippen molar-refractivity contribution in [3.05, 3.63) is 48.6 Å². The number of rotatable bonds is 6. The van der Waals surface area contributed by atoms with Crippen LogP contribution in [0.2, 0.25) is 0 Å². The molecule has 0 heterocycles. The maximum atomic E-state index is 12.0. The SMILES string of the molecule is [2H][C@@](CC=C)(NC(=O)c1ccccc1)C(=O)OCC. The molecule has 1 rings (SSSR count). The standard InChI is InChI=1S/C14H17NO3/c1-3-8-12(14(17)18-4-2)15-13(16)11-9-6-5-7-10-11/h3,5-7,9-10,12H,1,4,8H2,2H3,(H,15,16)/t12-/m0/s1/i12D. The summed E-state index contributed by atoms with van der Waals surface area (Å²) in [5.41, 5.74) is 0.382. The molecule has 0 unspecified atom stereocenters. The monoisotopic (exact) mass is 248 g/mol. The normalized spacial score (nSPS) is 13.9. The molecule has 0 saturated carbocycles. The van der Waals surface area contributed by atoms with Crippen molar-refractivity contribution in [1.82, 2.24) is 5.32 Å². The van der Waals surface area contributed by atoms with E-state index in [1.807, 2.05) is 0 Å². The Kier molecular flexibility index (Phi) is 4.99. The molecule has 1 N–H and O–H groups in total. The van der Waals surface area contributed by atoms with Crippen molar-refractivity contribution in [3.8, 4) is 0 Å². The zero-order valence-corrected chi connectivity index (χ0v) is 10.3. The maximum absolute atomic E-state index is 12.0. The number of esters is 1. The van der Waals surface area contributed by atoms with Crippen molar-refractivity contribution >= 4 is 11.9 Å². The Hall–Kier alpha value is -2.10. The molecule has 0 radical (unpaired) electrons. The quantitative estimate of drug-likeness (QED) is 0.618. The Balaban J connectivity index is 2.87. The smallest absolute Gasteiger partial charge is 0.328 e. The molecule has 1 atom stereocenters. The molecule has 0 aliphatic heterocycles. The molecule has 1 aromatic rings. The largest absolute Gasteiger partial charge is 0.464 e. The summed E-state index contributed by atoms with van der Waals surface area (Å²) in [5.74, 6) is -1.29. The fraction of sp³-hybridized carbons (Fsp3) is 0.286. The van der Waals surface area contributed by atoms with Crippen LogP contribution in [0.5, 0.6) is 0 Å². The lowest BCUT2D eigenvalue weighted by molar-refractivity contribution is -0.145. The number of nitrogens with one attached hydrogen (secondary N) is 1. The van der Waals surface area contributed by atoms with Gasteiger partial charge in [0.15, 0.2) is 0 Å². The average Bonchev–Trinajstić information content (AvgIpc) is 2.40. The topological polar surface area (TPSA) is 55.4 Å². The number of benzene rings is 1. The van der Waals surface area contributed by atoms with E-state index in [0.29, 0.717) is 5.56 Å². The molecule has 0 saturated heterocycles. The Morgan fingerprint density at radius 1 is 1.50 bits per heavy atom. The van der Waals surface area contributed by atoms with Crippen molar-refractivity contribution in [2.45, 2.75) is 19.4 Å². The highest BCUT2D eigenvalue weighted by Crippen LogP contribution is 2.02. The van der Waals surface area contributed by atoms with Gasteiger partial charge in [-0.2, -0.15) is 0 Å². The van der Waals surface area contributed by atoms with Crippen LogP contribution in [0.4, 0.5) is 0 Å². The van der Waals surface area contributed by atoms with Gasteiger partial charge in [0.2, 0.25) is 0 Å². The Morgan fingerprint density at radius 3 is 2.72 bits per heavy atom. The molecule has 1 aromatic carbocycles. The van der Waals surface area contributed by atoms with E-state index in [0.717, 1.165) is 0 Å². The van der Waals surface area contributed by atoms with Gasteiger partial charge in [-0.05, 0) is 25.5 Å². The molecule has 4 nitrogen and oxygen atoms in total. The van der Waals surface area contributed by atoms with E-state index in [2.05, 4.69) is 11.9 Å². The van der Waals surface area contributed by atoms with Gasteiger partial charge >= 0.3 is 5.97 Å². The third kappa shape index (κ3) is 4.05. The first-order valence-electron chi connectivity index (χ1n) is 6.19. The Bertz CT molecular complexity index is 461. The summed E-state index contributed by atoms with van der Waals surface area (Å²) in [7, 11) is 0. The van der Waals surface area contributed by atoms with Crippen molar-refractivity contribution in [1.29, 1.82) is 0 Å². The summed E-state index contributed by atoms with van der Waals surface area (Å²) < 4.78 is 12.8. The van der Waals surface area contributed by atoms with Gasteiger partial charge in [-0.25, -0.2) is 4.79 Å². The second-order valence-corrected chi connectivity index (χ2v) is 3.51. The summed E-state index contributed by atoms with van der Waals surface area (Å²) in [6, 6.07) is 6.56. The summed E-state index contributed by atoms with van der Waals surface area (Å²) >= 11 is 0. The van der Waals surface area contributed by atoms with Crippen LogP contribution in [0.1, 0.15) is 25.1 Å². The molecule has 1 amide bonds. The molecule has 0 aromatic heterocycles. The molecule has 0 aliphatic rings. The molecular formula is C14H17NO3. The highest BCUT2D eigenvalue weighted by molar-refractivity contribution is 5.96. The van der Waals surface area contributed by atoms with Gasteiger partial charge < -0.3 is 10.1 Å². The van der Waals surface area contributed by atoms with E-state index in [-0.39, 0.29) is 13.0 Å². The first-order valence-corrected chi connectivity index (χ1v) is 5.69. The predicted molar refractivity (Wildman–Crippen MR) is 69.1 cm³/mol. The van der Waals surface area contributed by atoms with Gasteiger partial charge in [0, 0.05) is 5.56 Å². The molecule has 0 aliphatic carbocycles. The Morgan fingerprint density at radius 2 is 2.17 bits per heavy atom. The van der Waals surface area contributed by atoms with Crippen LogP contribution in [0.15, 0.2) is 43.0 Å². The van der Waals surface area contributed by atoms with E-state index in [4.69, 9.17) is 6.11 Å². The van der Waals surface area contributed by atoms with Gasteiger partial charge in [-0.1, -0.05) is 24.3 Å². The number of carbonyl (C=O) groups is 2. The second-order valence-electron chi connectivity index (χ2n) is 3.51. The third-order valence-electron chi connectivity index (χ3n) is 2.17. The van der Waals surface area contributed by atoms with Crippen LogP contribution in [0, 0.1) is 0 Å². The number of amides is 1. The minimum Gasteiger partial charge on any atom is -0.464 e. The van der Waals surface area contributed by atoms with Gasteiger partial charge in [-0.3, -0.25) is 4.79 Å². The van der Waals surface area contributed by atoms with Crippen LogP contribution < -0.4 is 5.32 Å². The first kappa shape index (κ1) is 12.4. The van der Waals surface area contributed by atoms with E-state index < -0.39 is 17.9 Å². The van der Waals surface area contributed by atoms with Gasteiger partial charge in [0.1, 0.15) is 6.02 Å². The lowest BCUT2D eigenvalue weighted by Crippen LogP contribution is -2.41. The van der Waals surface area contributed by atoms with Crippen LogP contribution in [0.25, 0.3) is 0 Å². The van der Waals surface area contributed by atoms with Crippen molar-refractivity contribution in [2.24, 2.45) is 0 Å². The molecule has 0 bridgehead atoms. The summed E-state index contributed by atoms with van der Waals surface area (Å²) in [4.78, 5) is 23.7. The summed E-state index contributed by atoms with van der Waals surface area (Å²) in [6.07, 6.45) is 1.37. The molecule has 96 valence electrons. The highest BCUT2D eigenvalue weighted by Gasteiger charge is 2.20. The fourth-order valence-corrected chi connectivity index (χ4v) is 1.35. The first-order chi connectivity index (χ1) is 9.03. The van der Waals surface area contributed by atoms with E-state index >= 15 is 0 Å². The lowest BCUT2D eigenvalue weighted by atomic mass is 10.1. The zero-order chi connectivity index (χ0) is 14.3. The highest BCUT2D eigenvalue weighted by atomic mass is 16.5. The van der Waals surface area contributed by atoms with Gasteiger partial charge in [0.25, 0.3) is 5.91 Å². The molecular weight excluding hydrogens is 230 g/mol. The van der Waals surface area contributed by atoms with Crippen molar-refractivity contribution < 1.29 is 15.7 Å². The average molecular weight is 248 g/mol. The van der Waals surface area contributed by atoms with Crippen molar-refractivity contribution in [2.75, 3.05) is 6.61 Å². The lowest BCUT2D eigenvalue weighted by Gasteiger charge is -2.15. The Labute approximate surface area is 108 Å². The third-order valence-corrected chi connectivity index (χ3v) is 2.17. The second kappa shape index (κ2) is 7.27. The molecule has 0 spiro atoms. The van der Waals surface area contributed by atoms with Gasteiger partial charge in [0.05, 0.1) is 7.98 Å². The number of carbonyl (C=O) groups excluding carboxylic acids is 2. The van der Waals surface area contributed by atoms with Crippen LogP contribution >= 0.6 is 0 Å². The van der Waals surface area contributed by atoms with Crippen LogP contribution in [-0.4, -0.2) is 24.5 Å². The molecule has 0 fully saturated rings. The maximum Gasteiger partial charge on any atom is 0.328 e. The van der Waals surface area contributed by atoms with Gasteiger partial charge in [-0.15, -0.1) is 6.58 Å². The minimum atomic E-state index is -1.84. The van der Waals surface area contributed by atoms with E-state index in [1.165, 1.54) is 6.08 Å².